The molecule has 0 aromatic heterocycles. The summed E-state index contributed by atoms with van der Waals surface area (Å²) in [4.78, 5) is 12.2. The molecule has 2 rings (SSSR count). The van der Waals surface area contributed by atoms with Crippen molar-refractivity contribution in [1.82, 2.24) is 0 Å². The molecular formula is C13H16BrClN2O. The average Bonchev–Trinajstić information content (AvgIpc) is 2.34. The van der Waals surface area contributed by atoms with E-state index in [4.69, 9.17) is 17.3 Å². The summed E-state index contributed by atoms with van der Waals surface area (Å²) in [6, 6.07) is 5.35. The third-order valence-corrected chi connectivity index (χ3v) is 4.17. The van der Waals surface area contributed by atoms with Crippen molar-refractivity contribution in [2.75, 3.05) is 5.32 Å². The van der Waals surface area contributed by atoms with Crippen LogP contribution in [0, 0.1) is 5.92 Å². The number of anilines is 1. The Kier molecular flexibility index (Phi) is 4.65. The van der Waals surface area contributed by atoms with Crippen LogP contribution in [0.2, 0.25) is 5.02 Å². The summed E-state index contributed by atoms with van der Waals surface area (Å²) in [6.45, 7) is 0. The number of amides is 1. The van der Waals surface area contributed by atoms with E-state index in [0.717, 1.165) is 30.2 Å². The van der Waals surface area contributed by atoms with Gasteiger partial charge in [-0.05, 0) is 31.0 Å². The largest absolute Gasteiger partial charge is 0.327 e. The van der Waals surface area contributed by atoms with Gasteiger partial charge in [-0.25, -0.2) is 0 Å². The van der Waals surface area contributed by atoms with Gasteiger partial charge in [0.1, 0.15) is 0 Å². The minimum atomic E-state index is -0.103. The zero-order valence-corrected chi connectivity index (χ0v) is 12.3. The molecule has 18 heavy (non-hydrogen) atoms. The molecule has 1 aromatic rings. The summed E-state index contributed by atoms with van der Waals surface area (Å²) in [5.74, 6) is -0.129. The molecule has 0 radical (unpaired) electrons. The minimum Gasteiger partial charge on any atom is -0.327 e. The molecule has 1 saturated carbocycles. The number of nitrogens with two attached hydrogens (primary N) is 1. The fourth-order valence-electron chi connectivity index (χ4n) is 2.30. The van der Waals surface area contributed by atoms with E-state index in [-0.39, 0.29) is 17.9 Å². The number of benzene rings is 1. The Bertz CT molecular complexity index is 453. The standard InChI is InChI=1S/C13H16BrClN2O/c14-8-5-6-10(15)12(7-8)17-13(18)9-3-1-2-4-11(9)16/h5-7,9,11H,1-4,16H2,(H,17,18). The van der Waals surface area contributed by atoms with E-state index in [0.29, 0.717) is 10.7 Å². The summed E-state index contributed by atoms with van der Waals surface area (Å²) in [5.41, 5.74) is 6.63. The van der Waals surface area contributed by atoms with Crippen LogP contribution in [0.15, 0.2) is 22.7 Å². The van der Waals surface area contributed by atoms with Crippen molar-refractivity contribution >= 4 is 39.1 Å². The number of nitrogens with one attached hydrogen (secondary N) is 1. The highest BCUT2D eigenvalue weighted by Crippen LogP contribution is 2.28. The Morgan fingerprint density at radius 2 is 2.11 bits per heavy atom. The van der Waals surface area contributed by atoms with Gasteiger partial charge in [0.25, 0.3) is 0 Å². The Labute approximate surface area is 120 Å². The highest BCUT2D eigenvalue weighted by molar-refractivity contribution is 9.10. The predicted octanol–water partition coefficient (Wildman–Crippen LogP) is 3.56. The van der Waals surface area contributed by atoms with Crippen LogP contribution in [-0.2, 0) is 4.79 Å². The smallest absolute Gasteiger partial charge is 0.229 e. The van der Waals surface area contributed by atoms with E-state index in [2.05, 4.69) is 21.2 Å². The van der Waals surface area contributed by atoms with Crippen LogP contribution in [0.4, 0.5) is 5.69 Å². The first kappa shape index (κ1) is 13.8. The first-order valence-corrected chi connectivity index (χ1v) is 7.26. The van der Waals surface area contributed by atoms with E-state index in [1.54, 1.807) is 12.1 Å². The number of hydrogen-bond donors (Lipinski definition) is 2. The van der Waals surface area contributed by atoms with Crippen molar-refractivity contribution in [2.24, 2.45) is 11.7 Å². The number of hydrogen-bond acceptors (Lipinski definition) is 2. The van der Waals surface area contributed by atoms with Crippen molar-refractivity contribution in [3.8, 4) is 0 Å². The molecule has 0 heterocycles. The van der Waals surface area contributed by atoms with Crippen LogP contribution < -0.4 is 11.1 Å². The van der Waals surface area contributed by atoms with E-state index in [1.807, 2.05) is 6.07 Å². The summed E-state index contributed by atoms with van der Waals surface area (Å²) in [6.07, 6.45) is 3.96. The van der Waals surface area contributed by atoms with Crippen LogP contribution >= 0.6 is 27.5 Å². The normalized spacial score (nSPS) is 23.7. The number of rotatable bonds is 2. The van der Waals surface area contributed by atoms with Crippen LogP contribution in [0.5, 0.6) is 0 Å². The molecule has 5 heteroatoms. The fourth-order valence-corrected chi connectivity index (χ4v) is 2.83. The molecule has 0 spiro atoms. The molecule has 0 bridgehead atoms. The molecule has 2 unspecified atom stereocenters. The molecule has 3 N–H and O–H groups in total. The predicted molar refractivity (Wildman–Crippen MR) is 77.7 cm³/mol. The lowest BCUT2D eigenvalue weighted by Gasteiger charge is -2.27. The van der Waals surface area contributed by atoms with Crippen LogP contribution in [0.1, 0.15) is 25.7 Å². The third-order valence-electron chi connectivity index (χ3n) is 3.34. The second-order valence-electron chi connectivity index (χ2n) is 4.67. The molecule has 1 amide bonds. The summed E-state index contributed by atoms with van der Waals surface area (Å²) >= 11 is 9.41. The summed E-state index contributed by atoms with van der Waals surface area (Å²) in [7, 11) is 0. The number of carbonyl (C=O) groups excluding carboxylic acids is 1. The quantitative estimate of drug-likeness (QED) is 0.870. The van der Waals surface area contributed by atoms with Crippen molar-refractivity contribution < 1.29 is 4.79 Å². The zero-order chi connectivity index (χ0) is 13.1. The van der Waals surface area contributed by atoms with Gasteiger partial charge >= 0.3 is 0 Å². The maximum Gasteiger partial charge on any atom is 0.229 e. The average molecular weight is 332 g/mol. The Morgan fingerprint density at radius 3 is 2.83 bits per heavy atom. The molecule has 1 aliphatic carbocycles. The second-order valence-corrected chi connectivity index (χ2v) is 5.99. The molecule has 3 nitrogen and oxygen atoms in total. The monoisotopic (exact) mass is 330 g/mol. The molecular weight excluding hydrogens is 316 g/mol. The van der Waals surface area contributed by atoms with Gasteiger partial charge in [-0.3, -0.25) is 4.79 Å². The zero-order valence-electron chi connectivity index (χ0n) is 9.96. The molecule has 0 aliphatic heterocycles. The van der Waals surface area contributed by atoms with Crippen LogP contribution in [0.3, 0.4) is 0 Å². The molecule has 1 fully saturated rings. The first-order valence-electron chi connectivity index (χ1n) is 6.09. The second kappa shape index (κ2) is 6.04. The Morgan fingerprint density at radius 1 is 1.39 bits per heavy atom. The van der Waals surface area contributed by atoms with Gasteiger partial charge in [-0.1, -0.05) is 40.4 Å². The van der Waals surface area contributed by atoms with Gasteiger partial charge < -0.3 is 11.1 Å². The summed E-state index contributed by atoms with van der Waals surface area (Å²) < 4.78 is 0.884. The van der Waals surface area contributed by atoms with Crippen molar-refractivity contribution in [1.29, 1.82) is 0 Å². The fraction of sp³-hybridized carbons (Fsp3) is 0.462. The maximum absolute atomic E-state index is 12.2. The highest BCUT2D eigenvalue weighted by Gasteiger charge is 2.28. The molecule has 2 atom stereocenters. The van der Waals surface area contributed by atoms with Gasteiger partial charge in [-0.2, -0.15) is 0 Å². The number of halogens is 2. The maximum atomic E-state index is 12.2. The lowest BCUT2D eigenvalue weighted by atomic mass is 9.84. The topological polar surface area (TPSA) is 55.1 Å². The van der Waals surface area contributed by atoms with Crippen LogP contribution in [-0.4, -0.2) is 11.9 Å². The van der Waals surface area contributed by atoms with Crippen LogP contribution in [0.25, 0.3) is 0 Å². The highest BCUT2D eigenvalue weighted by atomic mass is 79.9. The molecule has 0 saturated heterocycles. The van der Waals surface area contributed by atoms with E-state index >= 15 is 0 Å². The Hall–Kier alpha value is -0.580. The van der Waals surface area contributed by atoms with E-state index in [9.17, 15) is 4.79 Å². The molecule has 98 valence electrons. The van der Waals surface area contributed by atoms with E-state index < -0.39 is 0 Å². The van der Waals surface area contributed by atoms with Crippen molar-refractivity contribution in [2.45, 2.75) is 31.7 Å². The minimum absolute atomic E-state index is 0.0257. The SMILES string of the molecule is NC1CCCCC1C(=O)Nc1cc(Br)ccc1Cl. The van der Waals surface area contributed by atoms with E-state index in [1.165, 1.54) is 0 Å². The van der Waals surface area contributed by atoms with Crippen molar-refractivity contribution in [3.63, 3.8) is 0 Å². The number of carbonyl (C=O) groups is 1. The lowest BCUT2D eigenvalue weighted by molar-refractivity contribution is -0.121. The van der Waals surface area contributed by atoms with Gasteiger partial charge in [-0.15, -0.1) is 0 Å². The lowest BCUT2D eigenvalue weighted by Crippen LogP contribution is -2.40. The van der Waals surface area contributed by atoms with Crippen molar-refractivity contribution in [3.05, 3.63) is 27.7 Å². The first-order chi connectivity index (χ1) is 8.58. The summed E-state index contributed by atoms with van der Waals surface area (Å²) in [5, 5.41) is 3.41. The van der Waals surface area contributed by atoms with Gasteiger partial charge in [0.15, 0.2) is 0 Å². The third kappa shape index (κ3) is 3.25. The van der Waals surface area contributed by atoms with Gasteiger partial charge in [0, 0.05) is 10.5 Å². The van der Waals surface area contributed by atoms with Gasteiger partial charge in [0.2, 0.25) is 5.91 Å². The molecule has 1 aromatic carbocycles. The molecule has 1 aliphatic rings. The Balaban J connectivity index is 2.08. The van der Waals surface area contributed by atoms with Gasteiger partial charge in [0.05, 0.1) is 16.6 Å².